The van der Waals surface area contributed by atoms with Gasteiger partial charge >= 0.3 is 0 Å². The molecule has 0 aromatic rings. The molecule has 0 aromatic heterocycles. The van der Waals surface area contributed by atoms with Gasteiger partial charge in [0.25, 0.3) is 0 Å². The van der Waals surface area contributed by atoms with Crippen LogP contribution < -0.4 is 0 Å². The SMILES string of the molecule is CC[Si](CC)(CC)O[C@H]1CCC[C@]2(C)C([C@H](C)C(O)C[S@](=O)(=N[Si](C)(C)C(C)(C)C)C(C)(C)C)=CC[C@@H]12. The lowest BCUT2D eigenvalue weighted by Gasteiger charge is -2.48. The van der Waals surface area contributed by atoms with Crippen molar-refractivity contribution in [3.05, 3.63) is 11.6 Å². The Labute approximate surface area is 233 Å². The lowest BCUT2D eigenvalue weighted by Crippen LogP contribution is -2.48. The Morgan fingerprint density at radius 2 is 1.68 bits per heavy atom. The summed E-state index contributed by atoms with van der Waals surface area (Å²) >= 11 is 0. The largest absolute Gasteiger partial charge is 0.414 e. The molecule has 0 saturated heterocycles. The molecule has 0 radical (unpaired) electrons. The highest BCUT2D eigenvalue weighted by Gasteiger charge is 2.51. The highest BCUT2D eigenvalue weighted by molar-refractivity contribution is 7.95. The van der Waals surface area contributed by atoms with Crippen LogP contribution in [0.5, 0.6) is 0 Å². The van der Waals surface area contributed by atoms with E-state index in [4.69, 9.17) is 8.45 Å². The first-order valence-electron chi connectivity index (χ1n) is 15.0. The van der Waals surface area contributed by atoms with E-state index in [1.165, 1.54) is 30.1 Å². The Kier molecular flexibility index (Phi) is 10.3. The van der Waals surface area contributed by atoms with Crippen molar-refractivity contribution in [2.75, 3.05) is 5.75 Å². The highest BCUT2D eigenvalue weighted by Crippen LogP contribution is 2.56. The summed E-state index contributed by atoms with van der Waals surface area (Å²) in [7, 11) is -6.46. The highest BCUT2D eigenvalue weighted by atomic mass is 32.2. The van der Waals surface area contributed by atoms with Crippen LogP contribution in [-0.2, 0) is 14.2 Å². The van der Waals surface area contributed by atoms with Gasteiger partial charge in [0.15, 0.2) is 16.6 Å². The monoisotopic (exact) mass is 571 g/mol. The van der Waals surface area contributed by atoms with E-state index in [9.17, 15) is 9.32 Å². The normalized spacial score (nSPS) is 28.8. The first-order valence-corrected chi connectivity index (χ1v) is 22.2. The smallest absolute Gasteiger partial charge is 0.192 e. The maximum atomic E-state index is 14.5. The fourth-order valence-corrected chi connectivity index (χ4v) is 16.0. The molecule has 4 nitrogen and oxygen atoms in total. The number of hydrogen-bond acceptors (Lipinski definition) is 4. The van der Waals surface area contributed by atoms with Gasteiger partial charge in [-0.25, -0.2) is 4.21 Å². The molecule has 7 heteroatoms. The summed E-state index contributed by atoms with van der Waals surface area (Å²) in [5.74, 6) is 0.711. The van der Waals surface area contributed by atoms with Crippen LogP contribution in [0.25, 0.3) is 0 Å². The molecule has 0 spiro atoms. The van der Waals surface area contributed by atoms with Crippen molar-refractivity contribution in [1.82, 2.24) is 0 Å². The third kappa shape index (κ3) is 6.69. The third-order valence-corrected chi connectivity index (χ3v) is 24.7. The maximum absolute atomic E-state index is 14.5. The topological polar surface area (TPSA) is 58.9 Å². The predicted molar refractivity (Wildman–Crippen MR) is 168 cm³/mol. The zero-order valence-electron chi connectivity index (χ0n) is 26.7. The lowest BCUT2D eigenvalue weighted by atomic mass is 9.63. The summed E-state index contributed by atoms with van der Waals surface area (Å²) in [6.45, 7) is 28.7. The van der Waals surface area contributed by atoms with Crippen molar-refractivity contribution < 1.29 is 13.7 Å². The summed E-state index contributed by atoms with van der Waals surface area (Å²) in [5, 5.41) is 11.7. The van der Waals surface area contributed by atoms with Crippen molar-refractivity contribution in [3.63, 3.8) is 0 Å². The summed E-state index contributed by atoms with van der Waals surface area (Å²) in [6.07, 6.45) is 6.61. The summed E-state index contributed by atoms with van der Waals surface area (Å²) in [4.78, 5) is 0. The zero-order chi connectivity index (χ0) is 28.7. The van der Waals surface area contributed by atoms with Crippen LogP contribution in [0.1, 0.15) is 102 Å². The fourth-order valence-electron chi connectivity index (χ4n) is 6.41. The minimum Gasteiger partial charge on any atom is -0.414 e. The van der Waals surface area contributed by atoms with Crippen LogP contribution in [0.15, 0.2) is 15.7 Å². The lowest BCUT2D eigenvalue weighted by molar-refractivity contribution is 0.0129. The van der Waals surface area contributed by atoms with E-state index in [1.54, 1.807) is 0 Å². The Morgan fingerprint density at radius 3 is 2.14 bits per heavy atom. The third-order valence-electron chi connectivity index (χ3n) is 10.7. The summed E-state index contributed by atoms with van der Waals surface area (Å²) in [6, 6.07) is 3.57. The molecule has 1 N–H and O–H groups in total. The molecule has 0 aliphatic heterocycles. The van der Waals surface area contributed by atoms with Gasteiger partial charge in [-0.2, -0.15) is 0 Å². The first kappa shape index (κ1) is 33.3. The van der Waals surface area contributed by atoms with Gasteiger partial charge in [0.1, 0.15) is 0 Å². The minimum atomic E-state index is -2.62. The van der Waals surface area contributed by atoms with Crippen LogP contribution in [0, 0.1) is 17.3 Å². The Balaban J connectivity index is 2.34. The number of nitrogens with zero attached hydrogens (tertiary/aromatic N) is 1. The molecule has 0 bridgehead atoms. The quantitative estimate of drug-likeness (QED) is 0.210. The molecule has 0 amide bonds. The minimum absolute atomic E-state index is 0.0112. The van der Waals surface area contributed by atoms with Crippen molar-refractivity contribution in [2.24, 2.45) is 21.3 Å². The Hall–Kier alpha value is 0.0438. The molecule has 1 unspecified atom stereocenters. The average molecular weight is 572 g/mol. The fraction of sp³-hybridized carbons (Fsp3) is 0.933. The summed E-state index contributed by atoms with van der Waals surface area (Å²) in [5.41, 5.74) is 1.43. The van der Waals surface area contributed by atoms with Crippen LogP contribution in [0.2, 0.25) is 36.3 Å². The summed E-state index contributed by atoms with van der Waals surface area (Å²) < 4.78 is 26.3. The number of rotatable bonds is 10. The van der Waals surface area contributed by atoms with Crippen LogP contribution in [0.3, 0.4) is 0 Å². The number of allylic oxidation sites excluding steroid dienone is 1. The average Bonchev–Trinajstić information content (AvgIpc) is 3.12. The van der Waals surface area contributed by atoms with Crippen molar-refractivity contribution >= 4 is 26.3 Å². The zero-order valence-corrected chi connectivity index (χ0v) is 29.5. The van der Waals surface area contributed by atoms with E-state index in [-0.39, 0.29) is 22.1 Å². The van der Waals surface area contributed by atoms with E-state index in [0.717, 1.165) is 19.3 Å². The molecule has 37 heavy (non-hydrogen) atoms. The van der Waals surface area contributed by atoms with Gasteiger partial charge in [0.05, 0.1) is 11.9 Å². The first-order chi connectivity index (χ1) is 16.7. The molecule has 6 atom stereocenters. The van der Waals surface area contributed by atoms with Gasteiger partial charge in [-0.3, -0.25) is 4.03 Å². The van der Waals surface area contributed by atoms with Gasteiger partial charge in [0.2, 0.25) is 0 Å². The van der Waals surface area contributed by atoms with Crippen molar-refractivity contribution in [1.29, 1.82) is 0 Å². The van der Waals surface area contributed by atoms with E-state index in [0.29, 0.717) is 12.0 Å². The van der Waals surface area contributed by atoms with E-state index >= 15 is 0 Å². The van der Waals surface area contributed by atoms with Gasteiger partial charge in [-0.15, -0.1) is 0 Å². The number of hydrogen-bond donors (Lipinski definition) is 1. The molecule has 0 aromatic carbocycles. The maximum Gasteiger partial charge on any atom is 0.192 e. The Morgan fingerprint density at radius 1 is 1.14 bits per heavy atom. The van der Waals surface area contributed by atoms with Crippen LogP contribution in [0.4, 0.5) is 0 Å². The Bertz CT molecular complexity index is 927. The molecule has 1 saturated carbocycles. The second kappa shape index (κ2) is 11.5. The predicted octanol–water partition coefficient (Wildman–Crippen LogP) is 8.78. The van der Waals surface area contributed by atoms with E-state index in [2.05, 4.69) is 74.6 Å². The molecule has 2 aliphatic carbocycles. The molecule has 2 rings (SSSR count). The van der Waals surface area contributed by atoms with Crippen LogP contribution in [-0.4, -0.2) is 48.6 Å². The van der Waals surface area contributed by atoms with Gasteiger partial charge in [0, 0.05) is 26.5 Å². The molecule has 0 heterocycles. The van der Waals surface area contributed by atoms with E-state index < -0.39 is 37.1 Å². The van der Waals surface area contributed by atoms with Crippen molar-refractivity contribution in [3.8, 4) is 0 Å². The van der Waals surface area contributed by atoms with Crippen LogP contribution >= 0.6 is 0 Å². The van der Waals surface area contributed by atoms with E-state index in [1.807, 2.05) is 20.8 Å². The van der Waals surface area contributed by atoms with Crippen molar-refractivity contribution in [2.45, 2.75) is 155 Å². The molecule has 218 valence electrons. The molecular weight excluding hydrogens is 511 g/mol. The number of aliphatic hydroxyl groups is 1. The molecule has 2 aliphatic rings. The van der Waals surface area contributed by atoms with Gasteiger partial charge < -0.3 is 9.53 Å². The number of aliphatic hydroxyl groups excluding tert-OH is 1. The standard InChI is InChI=1S/C30H61NO3SSi2/c1-14-37(15-2,16-3)34-27-18-17-21-30(11)24(19-20-25(27)30)23(4)26(32)22-35(33,28(5,6)7)31-36(12,13)29(8,9)10/h19,23,25-27,32H,14-18,20-22H2,1-13H3/t23-,25-,26?,27-,30+,35+/m0/s1. The molecule has 1 fully saturated rings. The van der Waals surface area contributed by atoms with Gasteiger partial charge in [-0.1, -0.05) is 73.5 Å². The van der Waals surface area contributed by atoms with Gasteiger partial charge in [-0.05, 0) is 87.6 Å². The number of fused-ring (bicyclic) bond motifs is 1. The molecular formula is C30H61NO3SSi2. The second-order valence-electron chi connectivity index (χ2n) is 14.9. The second-order valence-corrected chi connectivity index (χ2v) is 27.8.